The Morgan fingerprint density at radius 2 is 0.920 bits per heavy atom. The van der Waals surface area contributed by atoms with Gasteiger partial charge in [-0.1, -0.05) is 154 Å². The number of ether oxygens (including phenoxy) is 2. The highest BCUT2D eigenvalue weighted by Crippen LogP contribution is 2.57. The van der Waals surface area contributed by atoms with Crippen molar-refractivity contribution in [3.05, 3.63) is 12.2 Å². The highest BCUT2D eigenvalue weighted by Gasteiger charge is 2.34. The van der Waals surface area contributed by atoms with Gasteiger partial charge in [0.1, 0.15) is 6.61 Å². The molecule has 0 rings (SSSR count). The van der Waals surface area contributed by atoms with Crippen LogP contribution in [0.2, 0.25) is 0 Å². The van der Waals surface area contributed by atoms with E-state index in [0.29, 0.717) is 12.8 Å². The molecule has 3 N–H and O–H groups in total. The van der Waals surface area contributed by atoms with Gasteiger partial charge < -0.3 is 24.2 Å². The highest BCUT2D eigenvalue weighted by atomic mass is 31.3. The van der Waals surface area contributed by atoms with Gasteiger partial charge >= 0.3 is 27.6 Å². The molecule has 2 unspecified atom stereocenters. The molecular formula is C37H72O11P2. The van der Waals surface area contributed by atoms with Crippen LogP contribution in [0.25, 0.3) is 0 Å². The van der Waals surface area contributed by atoms with Crippen molar-refractivity contribution in [2.24, 2.45) is 0 Å². The molecule has 0 aromatic heterocycles. The molecule has 296 valence electrons. The van der Waals surface area contributed by atoms with Crippen molar-refractivity contribution in [1.29, 1.82) is 0 Å². The van der Waals surface area contributed by atoms with Crippen molar-refractivity contribution >= 4 is 27.6 Å². The molecule has 0 radical (unpaired) electrons. The molecule has 0 aliphatic carbocycles. The van der Waals surface area contributed by atoms with Gasteiger partial charge in [-0.15, -0.1) is 0 Å². The summed E-state index contributed by atoms with van der Waals surface area (Å²) in [6.45, 7) is 3.28. The number of allylic oxidation sites excluding steroid dienone is 2. The van der Waals surface area contributed by atoms with Gasteiger partial charge in [0.15, 0.2) is 6.10 Å². The van der Waals surface area contributed by atoms with E-state index in [4.69, 9.17) is 19.3 Å². The summed E-state index contributed by atoms with van der Waals surface area (Å²) >= 11 is 0. The number of hydrogen-bond acceptors (Lipinski definition) is 8. The van der Waals surface area contributed by atoms with Crippen molar-refractivity contribution in [1.82, 2.24) is 0 Å². The van der Waals surface area contributed by atoms with Gasteiger partial charge in [-0.05, 0) is 38.5 Å². The van der Waals surface area contributed by atoms with E-state index in [1.807, 2.05) is 0 Å². The highest BCUT2D eigenvalue weighted by molar-refractivity contribution is 7.60. The third kappa shape index (κ3) is 36.7. The molecule has 0 spiro atoms. The molecule has 0 fully saturated rings. The summed E-state index contributed by atoms with van der Waals surface area (Å²) < 4.78 is 41.9. The van der Waals surface area contributed by atoms with Crippen LogP contribution in [0.15, 0.2) is 12.2 Å². The van der Waals surface area contributed by atoms with Crippen molar-refractivity contribution in [3.63, 3.8) is 0 Å². The van der Waals surface area contributed by atoms with Crippen LogP contribution in [0.3, 0.4) is 0 Å². The molecule has 0 heterocycles. The molecule has 13 heteroatoms. The quantitative estimate of drug-likeness (QED) is 0.0239. The zero-order valence-electron chi connectivity index (χ0n) is 31.4. The van der Waals surface area contributed by atoms with Crippen LogP contribution in [0.4, 0.5) is 0 Å². The molecule has 0 bridgehead atoms. The van der Waals surface area contributed by atoms with Crippen molar-refractivity contribution < 1.29 is 51.7 Å². The van der Waals surface area contributed by atoms with E-state index in [0.717, 1.165) is 57.8 Å². The predicted octanol–water partition coefficient (Wildman–Crippen LogP) is 11.2. The number of carbonyl (C=O) groups excluding carboxylic acids is 2. The van der Waals surface area contributed by atoms with Gasteiger partial charge in [-0.3, -0.25) is 14.1 Å². The Balaban J connectivity index is 4.29. The lowest BCUT2D eigenvalue weighted by Gasteiger charge is -2.20. The molecule has 0 saturated carbocycles. The van der Waals surface area contributed by atoms with E-state index in [2.05, 4.69) is 34.8 Å². The molecule has 0 aromatic carbocycles. The third-order valence-corrected chi connectivity index (χ3v) is 10.6. The molecule has 11 nitrogen and oxygen atoms in total. The van der Waals surface area contributed by atoms with Crippen LogP contribution in [-0.2, 0) is 37.0 Å². The van der Waals surface area contributed by atoms with Gasteiger partial charge in [-0.2, -0.15) is 4.31 Å². The summed E-state index contributed by atoms with van der Waals surface area (Å²) in [5.41, 5.74) is 0. The maximum absolute atomic E-state index is 12.5. The molecule has 0 saturated heterocycles. The number of phosphoric ester groups is 1. The fraction of sp³-hybridized carbons (Fsp3) is 0.892. The second-order valence-electron chi connectivity index (χ2n) is 13.5. The normalized spacial score (nSPS) is 13.8. The lowest BCUT2D eigenvalue weighted by molar-refractivity contribution is -0.161. The van der Waals surface area contributed by atoms with Gasteiger partial charge in [0.25, 0.3) is 0 Å². The Hall–Kier alpha value is -1.06. The van der Waals surface area contributed by atoms with Crippen LogP contribution in [0, 0.1) is 0 Å². The Labute approximate surface area is 303 Å². The van der Waals surface area contributed by atoms with E-state index >= 15 is 0 Å². The van der Waals surface area contributed by atoms with E-state index in [1.165, 1.54) is 96.3 Å². The van der Waals surface area contributed by atoms with Crippen molar-refractivity contribution in [2.75, 3.05) is 13.2 Å². The number of unbranched alkanes of at least 4 members (excludes halogenated alkanes) is 23. The van der Waals surface area contributed by atoms with Crippen LogP contribution < -0.4 is 0 Å². The smallest absolute Gasteiger partial charge is 0.462 e. The van der Waals surface area contributed by atoms with E-state index in [1.54, 1.807) is 0 Å². The number of hydrogen-bond donors (Lipinski definition) is 3. The average Bonchev–Trinajstić information content (AvgIpc) is 3.05. The first-order valence-electron chi connectivity index (χ1n) is 19.7. The molecule has 50 heavy (non-hydrogen) atoms. The molecule has 0 aliphatic heterocycles. The first-order chi connectivity index (χ1) is 24.0. The largest absolute Gasteiger partial charge is 0.481 e. The molecule has 0 amide bonds. The topological polar surface area (TPSA) is 166 Å². The summed E-state index contributed by atoms with van der Waals surface area (Å²) in [5.74, 6) is -1.09. The van der Waals surface area contributed by atoms with Gasteiger partial charge in [0.2, 0.25) is 0 Å². The lowest BCUT2D eigenvalue weighted by Crippen LogP contribution is -2.29. The fourth-order valence-corrected chi connectivity index (χ4v) is 7.20. The second kappa shape index (κ2) is 33.8. The summed E-state index contributed by atoms with van der Waals surface area (Å²) in [5, 5.41) is 0. The minimum absolute atomic E-state index is 0.108. The van der Waals surface area contributed by atoms with E-state index in [9.17, 15) is 23.6 Å². The van der Waals surface area contributed by atoms with Crippen molar-refractivity contribution in [2.45, 2.75) is 200 Å². The minimum atomic E-state index is -5.31. The second-order valence-corrected chi connectivity index (χ2v) is 16.3. The zero-order chi connectivity index (χ0) is 37.2. The predicted molar refractivity (Wildman–Crippen MR) is 200 cm³/mol. The summed E-state index contributed by atoms with van der Waals surface area (Å²) in [6, 6.07) is 0. The first-order valence-corrected chi connectivity index (χ1v) is 22.8. The molecule has 0 aliphatic rings. The molecular weight excluding hydrogens is 682 g/mol. The van der Waals surface area contributed by atoms with Crippen LogP contribution in [0.5, 0.6) is 0 Å². The maximum atomic E-state index is 12.5. The van der Waals surface area contributed by atoms with E-state index < -0.39 is 46.9 Å². The van der Waals surface area contributed by atoms with E-state index in [-0.39, 0.29) is 12.8 Å². The number of rotatable bonds is 37. The van der Waals surface area contributed by atoms with Crippen LogP contribution >= 0.6 is 15.6 Å². The molecule has 0 aromatic rings. The number of phosphoric acid groups is 2. The lowest BCUT2D eigenvalue weighted by atomic mass is 10.0. The van der Waals surface area contributed by atoms with Gasteiger partial charge in [0.05, 0.1) is 6.61 Å². The minimum Gasteiger partial charge on any atom is -0.462 e. The first kappa shape index (κ1) is 48.9. The Morgan fingerprint density at radius 3 is 1.34 bits per heavy atom. The Kier molecular flexibility index (Phi) is 33.0. The van der Waals surface area contributed by atoms with Crippen LogP contribution in [0.1, 0.15) is 194 Å². The standard InChI is InChI=1S/C37H72O11P2/c1-3-5-7-9-11-13-15-17-18-20-22-24-26-28-30-32-37(39)47-35(34-46-50(43,44)48-49(40,41)42)33-45-36(38)31-29-27-25-23-21-19-16-14-12-10-8-6-4-2/h17-18,35H,3-16,19-34H2,1-2H3,(H,43,44)(H2,40,41,42). The fourth-order valence-electron chi connectivity index (χ4n) is 5.58. The summed E-state index contributed by atoms with van der Waals surface area (Å²) in [6.07, 6.45) is 33.6. The summed E-state index contributed by atoms with van der Waals surface area (Å²) in [7, 11) is -10.5. The monoisotopic (exact) mass is 754 g/mol. The SMILES string of the molecule is CCCCCCCCC=CCCCCCCCC(=O)OC(COC(=O)CCCCCCCCCCCCCCC)COP(=O)(O)OP(=O)(O)O. The number of carbonyl (C=O) groups is 2. The average molecular weight is 755 g/mol. The Morgan fingerprint density at radius 1 is 0.540 bits per heavy atom. The number of esters is 2. The zero-order valence-corrected chi connectivity index (χ0v) is 33.2. The summed E-state index contributed by atoms with van der Waals surface area (Å²) in [4.78, 5) is 52.1. The van der Waals surface area contributed by atoms with Crippen LogP contribution in [-0.4, -0.2) is 45.9 Å². The Bertz CT molecular complexity index is 938. The third-order valence-electron chi connectivity index (χ3n) is 8.49. The molecule has 2 atom stereocenters. The van der Waals surface area contributed by atoms with Gasteiger partial charge in [0, 0.05) is 12.8 Å². The maximum Gasteiger partial charge on any atom is 0.481 e. The van der Waals surface area contributed by atoms with Gasteiger partial charge in [-0.25, -0.2) is 9.13 Å². The van der Waals surface area contributed by atoms with Crippen molar-refractivity contribution in [3.8, 4) is 0 Å².